The van der Waals surface area contributed by atoms with Crippen molar-refractivity contribution >= 4 is 11.0 Å². The summed E-state index contributed by atoms with van der Waals surface area (Å²) in [4.78, 5) is 4.52. The number of para-hydroxylation sites is 2. The predicted molar refractivity (Wildman–Crippen MR) is 69.0 cm³/mol. The van der Waals surface area contributed by atoms with Crippen molar-refractivity contribution in [1.29, 1.82) is 0 Å². The summed E-state index contributed by atoms with van der Waals surface area (Å²) in [5, 5.41) is 12.6. The molecule has 0 spiro atoms. The minimum absolute atomic E-state index is 0.0927. The fraction of sp³-hybridized carbons (Fsp3) is 0.462. The topological polar surface area (TPSA) is 50.1 Å². The van der Waals surface area contributed by atoms with Crippen molar-refractivity contribution in [3.8, 4) is 0 Å². The third kappa shape index (κ3) is 2.18. The van der Waals surface area contributed by atoms with E-state index in [9.17, 15) is 5.11 Å². The molecule has 0 saturated carbocycles. The van der Waals surface area contributed by atoms with Gasteiger partial charge >= 0.3 is 0 Å². The maximum absolute atomic E-state index is 9.45. The van der Waals surface area contributed by atoms with Gasteiger partial charge in [0.15, 0.2) is 0 Å². The lowest BCUT2D eigenvalue weighted by Crippen LogP contribution is -2.47. The van der Waals surface area contributed by atoms with E-state index in [2.05, 4.69) is 20.9 Å². The van der Waals surface area contributed by atoms with Crippen molar-refractivity contribution in [3.63, 3.8) is 0 Å². The van der Waals surface area contributed by atoms with E-state index in [-0.39, 0.29) is 12.1 Å². The van der Waals surface area contributed by atoms with Crippen LogP contribution in [0.15, 0.2) is 24.3 Å². The second kappa shape index (κ2) is 4.47. The van der Waals surface area contributed by atoms with Crippen LogP contribution in [-0.2, 0) is 6.54 Å². The van der Waals surface area contributed by atoms with E-state index >= 15 is 0 Å². The summed E-state index contributed by atoms with van der Waals surface area (Å²) >= 11 is 0. The number of rotatable bonds is 4. The number of aliphatic hydroxyl groups is 1. The summed E-state index contributed by atoms with van der Waals surface area (Å²) in [5.41, 5.74) is 1.79. The maximum Gasteiger partial charge on any atom is 0.106 e. The summed E-state index contributed by atoms with van der Waals surface area (Å²) in [6.07, 6.45) is 0. The van der Waals surface area contributed by atoms with Crippen molar-refractivity contribution in [3.05, 3.63) is 30.1 Å². The van der Waals surface area contributed by atoms with Crippen LogP contribution in [0.5, 0.6) is 0 Å². The Morgan fingerprint density at radius 2 is 2.12 bits per heavy atom. The molecule has 1 atom stereocenters. The van der Waals surface area contributed by atoms with Gasteiger partial charge in [-0.25, -0.2) is 4.98 Å². The molecule has 4 heteroatoms. The van der Waals surface area contributed by atoms with E-state index < -0.39 is 0 Å². The first kappa shape index (κ1) is 12.1. The first-order valence-electron chi connectivity index (χ1n) is 5.81. The number of aliphatic hydroxyl groups excluding tert-OH is 1. The molecule has 0 radical (unpaired) electrons. The van der Waals surface area contributed by atoms with Gasteiger partial charge in [0.05, 0.1) is 23.2 Å². The number of hydrogen-bond acceptors (Lipinski definition) is 3. The molecule has 4 nitrogen and oxygen atoms in total. The van der Waals surface area contributed by atoms with Gasteiger partial charge in [0.25, 0.3) is 0 Å². The number of aromatic nitrogens is 2. The van der Waals surface area contributed by atoms with Crippen molar-refractivity contribution in [1.82, 2.24) is 14.9 Å². The van der Waals surface area contributed by atoms with Crippen molar-refractivity contribution in [2.75, 3.05) is 13.7 Å². The fourth-order valence-electron chi connectivity index (χ4n) is 1.95. The molecule has 17 heavy (non-hydrogen) atoms. The molecule has 0 aliphatic carbocycles. The summed E-state index contributed by atoms with van der Waals surface area (Å²) < 4.78 is 2.14. The zero-order valence-corrected chi connectivity index (χ0v) is 10.6. The minimum atomic E-state index is -0.325. The molecule has 2 rings (SSSR count). The van der Waals surface area contributed by atoms with Crippen LogP contribution in [0.3, 0.4) is 0 Å². The Bertz CT molecular complexity index is 514. The second-order valence-corrected chi connectivity index (χ2v) is 4.70. The molecule has 0 fully saturated rings. The lowest BCUT2D eigenvalue weighted by Gasteiger charge is -2.28. The molecule has 0 saturated heterocycles. The monoisotopic (exact) mass is 233 g/mol. The summed E-state index contributed by atoms with van der Waals surface area (Å²) in [6.45, 7) is 4.79. The molecule has 1 aromatic heterocycles. The minimum Gasteiger partial charge on any atom is -0.394 e. The number of likely N-dealkylation sites (N-methyl/N-ethyl adjacent to an activating group) is 1. The second-order valence-electron chi connectivity index (χ2n) is 4.70. The third-order valence-corrected chi connectivity index (χ3v) is 3.31. The van der Waals surface area contributed by atoms with Crippen LogP contribution in [0, 0.1) is 6.92 Å². The highest BCUT2D eigenvalue weighted by Crippen LogP contribution is 2.18. The molecule has 0 amide bonds. The number of nitrogens with zero attached hydrogens (tertiary/aromatic N) is 2. The third-order valence-electron chi connectivity index (χ3n) is 3.31. The lowest BCUT2D eigenvalue weighted by molar-refractivity contribution is 0.166. The zero-order chi connectivity index (χ0) is 12.5. The van der Waals surface area contributed by atoms with Crippen LogP contribution >= 0.6 is 0 Å². The number of benzene rings is 1. The Balaban J connectivity index is 2.45. The van der Waals surface area contributed by atoms with Crippen LogP contribution in [0.2, 0.25) is 0 Å². The highest BCUT2D eigenvalue weighted by atomic mass is 16.3. The van der Waals surface area contributed by atoms with Gasteiger partial charge in [-0.15, -0.1) is 0 Å². The first-order chi connectivity index (χ1) is 8.09. The molecule has 0 bridgehead atoms. The van der Waals surface area contributed by atoms with Crippen LogP contribution in [0.4, 0.5) is 0 Å². The molecule has 0 aliphatic heterocycles. The number of aryl methyl sites for hydroxylation is 1. The van der Waals surface area contributed by atoms with Crippen LogP contribution in [0.25, 0.3) is 11.0 Å². The first-order valence-corrected chi connectivity index (χ1v) is 5.81. The van der Waals surface area contributed by atoms with Crippen molar-refractivity contribution < 1.29 is 5.11 Å². The van der Waals surface area contributed by atoms with Crippen molar-refractivity contribution in [2.45, 2.75) is 25.9 Å². The highest BCUT2D eigenvalue weighted by molar-refractivity contribution is 5.75. The van der Waals surface area contributed by atoms with Gasteiger partial charge in [0, 0.05) is 6.54 Å². The largest absolute Gasteiger partial charge is 0.394 e. The van der Waals surface area contributed by atoms with Gasteiger partial charge in [0.2, 0.25) is 0 Å². The van der Waals surface area contributed by atoms with Gasteiger partial charge in [0.1, 0.15) is 5.82 Å². The molecule has 92 valence electrons. The number of imidazole rings is 1. The Labute approximate surface area is 101 Å². The molecular formula is C13H19N3O. The van der Waals surface area contributed by atoms with E-state index in [1.54, 1.807) is 0 Å². The molecule has 2 N–H and O–H groups in total. The van der Waals surface area contributed by atoms with Gasteiger partial charge in [-0.3, -0.25) is 0 Å². The number of fused-ring (bicyclic) bond motifs is 1. The van der Waals surface area contributed by atoms with Crippen molar-refractivity contribution in [2.24, 2.45) is 0 Å². The van der Waals surface area contributed by atoms with Gasteiger partial charge in [-0.1, -0.05) is 12.1 Å². The van der Waals surface area contributed by atoms with E-state index in [1.807, 2.05) is 39.1 Å². The predicted octanol–water partition coefficient (Wildman–Crippen LogP) is 1.32. The Kier molecular flexibility index (Phi) is 3.17. The maximum atomic E-state index is 9.45. The lowest BCUT2D eigenvalue weighted by atomic mass is 10.0. The molecule has 1 heterocycles. The molecule has 2 aromatic rings. The van der Waals surface area contributed by atoms with E-state index in [4.69, 9.17) is 0 Å². The van der Waals surface area contributed by atoms with E-state index in [0.717, 1.165) is 16.9 Å². The van der Waals surface area contributed by atoms with Gasteiger partial charge < -0.3 is 15.0 Å². The zero-order valence-electron chi connectivity index (χ0n) is 10.6. The summed E-state index contributed by atoms with van der Waals surface area (Å²) in [5.74, 6) is 0.973. The molecule has 1 aromatic carbocycles. The van der Waals surface area contributed by atoms with Gasteiger partial charge in [-0.05, 0) is 33.0 Å². The number of nitrogens with one attached hydrogen (secondary N) is 1. The molecular weight excluding hydrogens is 214 g/mol. The average molecular weight is 233 g/mol. The Morgan fingerprint density at radius 3 is 2.76 bits per heavy atom. The average Bonchev–Trinajstić information content (AvgIpc) is 2.66. The standard InChI is InChI=1S/C13H19N3O/c1-10-15-11-6-4-5-7-12(11)16(10)8-13(2,9-17)14-3/h4-7,14,17H,8-9H2,1-3H3. The number of hydrogen-bond donors (Lipinski definition) is 2. The van der Waals surface area contributed by atoms with E-state index in [0.29, 0.717) is 6.54 Å². The molecule has 1 unspecified atom stereocenters. The quantitative estimate of drug-likeness (QED) is 0.837. The SMILES string of the molecule is CNC(C)(CO)Cn1c(C)nc2ccccc21. The van der Waals surface area contributed by atoms with Crippen LogP contribution in [0.1, 0.15) is 12.7 Å². The summed E-state index contributed by atoms with van der Waals surface area (Å²) in [6, 6.07) is 8.06. The Hall–Kier alpha value is -1.39. The van der Waals surface area contributed by atoms with Crippen LogP contribution < -0.4 is 5.32 Å². The fourth-order valence-corrected chi connectivity index (χ4v) is 1.95. The van der Waals surface area contributed by atoms with Crippen LogP contribution in [-0.4, -0.2) is 33.9 Å². The normalized spacial score (nSPS) is 15.1. The Morgan fingerprint density at radius 1 is 1.41 bits per heavy atom. The smallest absolute Gasteiger partial charge is 0.106 e. The molecule has 0 aliphatic rings. The summed E-state index contributed by atoms with van der Waals surface area (Å²) in [7, 11) is 1.87. The highest BCUT2D eigenvalue weighted by Gasteiger charge is 2.23. The van der Waals surface area contributed by atoms with E-state index in [1.165, 1.54) is 0 Å². The van der Waals surface area contributed by atoms with Gasteiger partial charge in [-0.2, -0.15) is 0 Å².